The lowest BCUT2D eigenvalue weighted by Crippen LogP contribution is -2.65. The van der Waals surface area contributed by atoms with Gasteiger partial charge in [0.15, 0.2) is 5.78 Å². The quantitative estimate of drug-likeness (QED) is 0.522. The largest absolute Gasteiger partial charge is 0.452 e. The molecule has 0 radical (unpaired) electrons. The molecule has 1 heterocycles. The number of hydrogen-bond donors (Lipinski definition) is 1. The van der Waals surface area contributed by atoms with Crippen molar-refractivity contribution in [3.63, 3.8) is 0 Å². The SMILES string of the molecule is O=C(CC1NC(C(F)(F)F)(C(F)(F)F)OC1=O)c1ccccc1. The number of hydrogen-bond acceptors (Lipinski definition) is 4. The molecule has 23 heavy (non-hydrogen) atoms. The molecule has 1 aliphatic rings. The van der Waals surface area contributed by atoms with Crippen molar-refractivity contribution >= 4 is 11.8 Å². The maximum Gasteiger partial charge on any atom is 0.452 e. The molecule has 0 spiro atoms. The van der Waals surface area contributed by atoms with Crippen molar-refractivity contribution in [1.29, 1.82) is 0 Å². The minimum Gasteiger partial charge on any atom is -0.424 e. The van der Waals surface area contributed by atoms with E-state index >= 15 is 0 Å². The van der Waals surface area contributed by atoms with Crippen LogP contribution in [-0.2, 0) is 9.53 Å². The van der Waals surface area contributed by atoms with Crippen molar-refractivity contribution in [3.05, 3.63) is 35.9 Å². The lowest BCUT2D eigenvalue weighted by Gasteiger charge is -2.31. The molecule has 1 unspecified atom stereocenters. The molecule has 0 saturated carbocycles. The van der Waals surface area contributed by atoms with Crippen molar-refractivity contribution in [2.24, 2.45) is 0 Å². The normalized spacial score (nSPS) is 21.1. The summed E-state index contributed by atoms with van der Waals surface area (Å²) >= 11 is 0. The third-order valence-electron chi connectivity index (χ3n) is 3.20. The summed E-state index contributed by atoms with van der Waals surface area (Å²) in [6.07, 6.45) is -12.7. The summed E-state index contributed by atoms with van der Waals surface area (Å²) < 4.78 is 80.2. The molecular formula is C13H9F6NO3. The van der Waals surface area contributed by atoms with Crippen LogP contribution in [0.15, 0.2) is 30.3 Å². The second-order valence-corrected chi connectivity index (χ2v) is 4.79. The van der Waals surface area contributed by atoms with Gasteiger partial charge in [-0.1, -0.05) is 30.3 Å². The highest BCUT2D eigenvalue weighted by molar-refractivity contribution is 5.99. The van der Waals surface area contributed by atoms with Crippen LogP contribution in [0.1, 0.15) is 16.8 Å². The minimum absolute atomic E-state index is 0.0543. The molecule has 1 atom stereocenters. The molecule has 0 amide bonds. The van der Waals surface area contributed by atoms with E-state index in [4.69, 9.17) is 0 Å². The van der Waals surface area contributed by atoms with E-state index in [1.165, 1.54) is 24.3 Å². The molecule has 0 aromatic heterocycles. The highest BCUT2D eigenvalue weighted by Crippen LogP contribution is 2.47. The zero-order valence-electron chi connectivity index (χ0n) is 11.2. The van der Waals surface area contributed by atoms with Gasteiger partial charge in [-0.3, -0.25) is 14.9 Å². The van der Waals surface area contributed by atoms with E-state index in [2.05, 4.69) is 4.74 Å². The fourth-order valence-corrected chi connectivity index (χ4v) is 2.06. The van der Waals surface area contributed by atoms with Gasteiger partial charge in [0.1, 0.15) is 6.04 Å². The molecular weight excluding hydrogens is 332 g/mol. The molecule has 1 fully saturated rings. The minimum atomic E-state index is -5.93. The summed E-state index contributed by atoms with van der Waals surface area (Å²) in [4.78, 5) is 23.3. The summed E-state index contributed by atoms with van der Waals surface area (Å²) in [5.41, 5.74) is -4.75. The van der Waals surface area contributed by atoms with Crippen molar-refractivity contribution in [3.8, 4) is 0 Å². The van der Waals surface area contributed by atoms with E-state index in [1.807, 2.05) is 0 Å². The Bertz CT molecular complexity index is 596. The van der Waals surface area contributed by atoms with Crippen LogP contribution in [0.3, 0.4) is 0 Å². The fraction of sp³-hybridized carbons (Fsp3) is 0.385. The second kappa shape index (κ2) is 5.52. The molecule has 1 saturated heterocycles. The zero-order chi connectivity index (χ0) is 17.5. The number of alkyl halides is 6. The number of carbonyl (C=O) groups is 2. The van der Waals surface area contributed by atoms with Gasteiger partial charge in [0.25, 0.3) is 0 Å². The summed E-state index contributed by atoms with van der Waals surface area (Å²) in [6.45, 7) is 0. The first-order valence-electron chi connectivity index (χ1n) is 6.20. The number of benzene rings is 1. The van der Waals surface area contributed by atoms with Crippen LogP contribution < -0.4 is 5.32 Å². The van der Waals surface area contributed by atoms with E-state index in [1.54, 1.807) is 6.07 Å². The van der Waals surface area contributed by atoms with E-state index < -0.39 is 42.3 Å². The fourth-order valence-electron chi connectivity index (χ4n) is 2.06. The van der Waals surface area contributed by atoms with Gasteiger partial charge in [0, 0.05) is 12.0 Å². The second-order valence-electron chi connectivity index (χ2n) is 4.79. The number of esters is 1. The van der Waals surface area contributed by atoms with Crippen LogP contribution in [0, 0.1) is 0 Å². The Balaban J connectivity index is 2.24. The Hall–Kier alpha value is -2.10. The first kappa shape index (κ1) is 17.3. The van der Waals surface area contributed by atoms with E-state index in [-0.39, 0.29) is 5.56 Å². The van der Waals surface area contributed by atoms with Gasteiger partial charge in [0.2, 0.25) is 0 Å². The number of ketones is 1. The molecule has 2 rings (SSSR count). The van der Waals surface area contributed by atoms with Gasteiger partial charge in [-0.05, 0) is 0 Å². The predicted octanol–water partition coefficient (Wildman–Crippen LogP) is 2.60. The van der Waals surface area contributed by atoms with Gasteiger partial charge in [0.05, 0.1) is 0 Å². The smallest absolute Gasteiger partial charge is 0.424 e. The van der Waals surface area contributed by atoms with Crippen LogP contribution in [0.2, 0.25) is 0 Å². The van der Waals surface area contributed by atoms with E-state index in [9.17, 15) is 35.9 Å². The van der Waals surface area contributed by atoms with E-state index in [0.717, 1.165) is 5.32 Å². The van der Waals surface area contributed by atoms with Crippen molar-refractivity contribution in [1.82, 2.24) is 5.32 Å². The molecule has 1 aliphatic heterocycles. The molecule has 1 N–H and O–H groups in total. The number of rotatable bonds is 3. The monoisotopic (exact) mass is 341 g/mol. The lowest BCUT2D eigenvalue weighted by atomic mass is 10.0. The zero-order valence-corrected chi connectivity index (χ0v) is 11.2. The first-order chi connectivity index (χ1) is 10.5. The van der Waals surface area contributed by atoms with Crippen molar-refractivity contribution < 1.29 is 40.7 Å². The number of halogens is 6. The number of carbonyl (C=O) groups excluding carboxylic acids is 2. The Kier molecular flexibility index (Phi) is 4.14. The van der Waals surface area contributed by atoms with Crippen molar-refractivity contribution in [2.75, 3.05) is 0 Å². The molecule has 0 bridgehead atoms. The summed E-state index contributed by atoms with van der Waals surface area (Å²) in [5, 5.41) is 1.09. The first-order valence-corrected chi connectivity index (χ1v) is 6.20. The number of nitrogens with one attached hydrogen (secondary N) is 1. The number of cyclic esters (lactones) is 1. The highest BCUT2D eigenvalue weighted by Gasteiger charge is 2.78. The predicted molar refractivity (Wildman–Crippen MR) is 63.2 cm³/mol. The summed E-state index contributed by atoms with van der Waals surface area (Å²) in [5.74, 6) is -2.58. The third-order valence-corrected chi connectivity index (χ3v) is 3.20. The molecule has 10 heteroatoms. The van der Waals surface area contributed by atoms with Crippen LogP contribution >= 0.6 is 0 Å². The van der Waals surface area contributed by atoms with Gasteiger partial charge in [-0.2, -0.15) is 26.3 Å². The van der Waals surface area contributed by atoms with Crippen LogP contribution in [0.25, 0.3) is 0 Å². The summed E-state index contributed by atoms with van der Waals surface area (Å²) in [7, 11) is 0. The van der Waals surface area contributed by atoms with Crippen LogP contribution in [0.4, 0.5) is 26.3 Å². The highest BCUT2D eigenvalue weighted by atomic mass is 19.4. The average Bonchev–Trinajstić information content (AvgIpc) is 2.77. The maximum atomic E-state index is 12.8. The average molecular weight is 341 g/mol. The number of Topliss-reactive ketones (excluding diaryl/α,β-unsaturated/α-hetero) is 1. The molecule has 4 nitrogen and oxygen atoms in total. The molecule has 1 aromatic carbocycles. The number of ether oxygens (including phenoxy) is 1. The van der Waals surface area contributed by atoms with E-state index in [0.29, 0.717) is 0 Å². The van der Waals surface area contributed by atoms with Gasteiger partial charge in [-0.25, -0.2) is 0 Å². The Morgan fingerprint density at radius 2 is 1.61 bits per heavy atom. The summed E-state index contributed by atoms with van der Waals surface area (Å²) in [6, 6.07) is 5.09. The lowest BCUT2D eigenvalue weighted by molar-refractivity contribution is -0.369. The van der Waals surface area contributed by atoms with Crippen LogP contribution in [-0.4, -0.2) is 35.9 Å². The Labute approximate surface area is 125 Å². The Morgan fingerprint density at radius 1 is 1.09 bits per heavy atom. The van der Waals surface area contributed by atoms with Gasteiger partial charge >= 0.3 is 24.0 Å². The topological polar surface area (TPSA) is 55.4 Å². The molecule has 126 valence electrons. The standard InChI is InChI=1S/C13H9F6NO3/c14-12(15,16)11(13(17,18)19)20-8(10(22)23-11)6-9(21)7-4-2-1-3-5-7/h1-5,8,20H,6H2. The van der Waals surface area contributed by atoms with Gasteiger partial charge in [-0.15, -0.1) is 0 Å². The molecule has 0 aliphatic carbocycles. The molecule has 1 aromatic rings. The van der Waals surface area contributed by atoms with Crippen LogP contribution in [0.5, 0.6) is 0 Å². The van der Waals surface area contributed by atoms with Gasteiger partial charge < -0.3 is 4.74 Å². The maximum absolute atomic E-state index is 12.8. The third kappa shape index (κ3) is 3.03. The Morgan fingerprint density at radius 3 is 2.04 bits per heavy atom. The van der Waals surface area contributed by atoms with Crippen molar-refractivity contribution in [2.45, 2.75) is 30.5 Å².